The van der Waals surface area contributed by atoms with E-state index in [4.69, 9.17) is 11.6 Å². The van der Waals surface area contributed by atoms with Gasteiger partial charge in [0.1, 0.15) is 10.5 Å². The molecule has 1 fully saturated rings. The zero-order valence-corrected chi connectivity index (χ0v) is 13.4. The first-order valence-electron chi connectivity index (χ1n) is 6.41. The van der Waals surface area contributed by atoms with Crippen molar-refractivity contribution in [1.82, 2.24) is 14.8 Å². The first kappa shape index (κ1) is 15.3. The molecular weight excluding hydrogens is 298 g/mol. The van der Waals surface area contributed by atoms with Gasteiger partial charge in [-0.25, -0.2) is 4.98 Å². The van der Waals surface area contributed by atoms with E-state index in [1.807, 2.05) is 5.38 Å². The molecule has 20 heavy (non-hydrogen) atoms. The van der Waals surface area contributed by atoms with Gasteiger partial charge in [-0.2, -0.15) is 0 Å². The predicted molar refractivity (Wildman–Crippen MR) is 78.8 cm³/mol. The Labute approximate surface area is 127 Å². The lowest BCUT2D eigenvalue weighted by molar-refractivity contribution is -0.156. The number of alkyl halides is 1. The van der Waals surface area contributed by atoms with E-state index >= 15 is 0 Å². The number of rotatable bonds is 3. The van der Waals surface area contributed by atoms with Crippen molar-refractivity contribution in [3.63, 3.8) is 0 Å². The molecule has 5 nitrogen and oxygen atoms in total. The number of aromatic nitrogens is 1. The maximum Gasteiger partial charge on any atom is 0.247 e. The van der Waals surface area contributed by atoms with Crippen LogP contribution in [0.25, 0.3) is 0 Å². The Bertz CT molecular complexity index is 529. The summed E-state index contributed by atoms with van der Waals surface area (Å²) in [5, 5.41) is 2.60. The van der Waals surface area contributed by atoms with Gasteiger partial charge < -0.3 is 9.80 Å². The second-order valence-electron chi connectivity index (χ2n) is 5.37. The summed E-state index contributed by atoms with van der Waals surface area (Å²) >= 11 is 7.13. The summed E-state index contributed by atoms with van der Waals surface area (Å²) in [7, 11) is 1.76. The number of carbonyl (C=O) groups excluding carboxylic acids is 2. The van der Waals surface area contributed by atoms with Gasteiger partial charge in [-0.15, -0.1) is 22.9 Å². The number of likely N-dealkylation sites (N-methyl/N-ethyl adjacent to an activating group) is 1. The van der Waals surface area contributed by atoms with E-state index in [0.29, 0.717) is 19.0 Å². The van der Waals surface area contributed by atoms with Crippen molar-refractivity contribution in [3.8, 4) is 0 Å². The lowest BCUT2D eigenvalue weighted by atomic mass is 9.97. The maximum atomic E-state index is 12.4. The summed E-state index contributed by atoms with van der Waals surface area (Å²) in [4.78, 5) is 32.2. The van der Waals surface area contributed by atoms with Crippen molar-refractivity contribution < 1.29 is 9.59 Å². The van der Waals surface area contributed by atoms with E-state index in [2.05, 4.69) is 4.98 Å². The second kappa shape index (κ2) is 5.69. The molecule has 0 aliphatic carbocycles. The Kier molecular flexibility index (Phi) is 4.34. The average molecular weight is 316 g/mol. The second-order valence-corrected chi connectivity index (χ2v) is 6.58. The van der Waals surface area contributed by atoms with Gasteiger partial charge >= 0.3 is 0 Å². The van der Waals surface area contributed by atoms with Crippen LogP contribution in [0.15, 0.2) is 5.38 Å². The van der Waals surface area contributed by atoms with Gasteiger partial charge in [0.2, 0.25) is 11.8 Å². The molecule has 0 radical (unpaired) electrons. The molecule has 1 aliphatic rings. The first-order valence-corrected chi connectivity index (χ1v) is 7.83. The van der Waals surface area contributed by atoms with E-state index in [0.717, 1.165) is 10.7 Å². The molecule has 0 spiro atoms. The Balaban J connectivity index is 2.10. The summed E-state index contributed by atoms with van der Waals surface area (Å²) in [6.45, 7) is 4.70. The smallest absolute Gasteiger partial charge is 0.247 e. The summed E-state index contributed by atoms with van der Waals surface area (Å²) in [6.07, 6.45) is 0.224. The van der Waals surface area contributed by atoms with Gasteiger partial charge in [0, 0.05) is 25.5 Å². The van der Waals surface area contributed by atoms with Gasteiger partial charge in [-0.1, -0.05) is 0 Å². The molecule has 2 heterocycles. The monoisotopic (exact) mass is 315 g/mol. The fraction of sp³-hybridized carbons (Fsp3) is 0.615. The van der Waals surface area contributed by atoms with E-state index in [1.165, 1.54) is 11.3 Å². The molecule has 2 amide bonds. The van der Waals surface area contributed by atoms with Crippen LogP contribution in [0.1, 0.15) is 24.5 Å². The molecule has 0 N–H and O–H groups in total. The van der Waals surface area contributed by atoms with Crippen LogP contribution >= 0.6 is 22.9 Å². The Morgan fingerprint density at radius 3 is 2.80 bits per heavy atom. The standard InChI is InChI=1S/C13H18ClN3O2S/c1-13(2)12(19)16(3)4-5-17(13)11(18)6-10-15-9(7-14)8-20-10/h8H,4-7H2,1-3H3. The Morgan fingerprint density at radius 2 is 2.20 bits per heavy atom. The quantitative estimate of drug-likeness (QED) is 0.794. The summed E-state index contributed by atoms with van der Waals surface area (Å²) in [5.41, 5.74) is -0.00963. The molecule has 1 aliphatic heterocycles. The third-order valence-electron chi connectivity index (χ3n) is 3.54. The molecule has 1 aromatic heterocycles. The highest BCUT2D eigenvalue weighted by atomic mass is 35.5. The van der Waals surface area contributed by atoms with Crippen LogP contribution in [0.3, 0.4) is 0 Å². The number of amides is 2. The molecular formula is C13H18ClN3O2S. The van der Waals surface area contributed by atoms with Crippen molar-refractivity contribution in [3.05, 3.63) is 16.1 Å². The highest BCUT2D eigenvalue weighted by Gasteiger charge is 2.42. The summed E-state index contributed by atoms with van der Waals surface area (Å²) in [5.74, 6) is 0.257. The molecule has 110 valence electrons. The molecule has 0 bridgehead atoms. The van der Waals surface area contributed by atoms with Gasteiger partial charge in [-0.3, -0.25) is 9.59 Å². The number of nitrogens with zero attached hydrogens (tertiary/aromatic N) is 3. The van der Waals surface area contributed by atoms with Gasteiger partial charge in [0.25, 0.3) is 0 Å². The van der Waals surface area contributed by atoms with Crippen LogP contribution < -0.4 is 0 Å². The van der Waals surface area contributed by atoms with Crippen LogP contribution in [0.5, 0.6) is 0 Å². The molecule has 0 saturated carbocycles. The fourth-order valence-electron chi connectivity index (χ4n) is 2.37. The summed E-state index contributed by atoms with van der Waals surface area (Å²) < 4.78 is 0. The predicted octanol–water partition coefficient (Wildman–Crippen LogP) is 1.50. The Hall–Kier alpha value is -1.14. The number of hydrogen-bond donors (Lipinski definition) is 0. The minimum Gasteiger partial charge on any atom is -0.342 e. The zero-order chi connectivity index (χ0) is 14.9. The van der Waals surface area contributed by atoms with Crippen molar-refractivity contribution in [1.29, 1.82) is 0 Å². The van der Waals surface area contributed by atoms with Gasteiger partial charge in [0.15, 0.2) is 0 Å². The number of carbonyl (C=O) groups is 2. The van der Waals surface area contributed by atoms with Crippen LogP contribution in [0.2, 0.25) is 0 Å². The van der Waals surface area contributed by atoms with E-state index in [-0.39, 0.29) is 18.2 Å². The van der Waals surface area contributed by atoms with E-state index in [1.54, 1.807) is 30.7 Å². The molecule has 0 aromatic carbocycles. The maximum absolute atomic E-state index is 12.4. The number of piperazine rings is 1. The third-order valence-corrected chi connectivity index (χ3v) is 4.72. The number of halogens is 1. The van der Waals surface area contributed by atoms with Crippen molar-refractivity contribution in [2.45, 2.75) is 31.7 Å². The highest BCUT2D eigenvalue weighted by molar-refractivity contribution is 7.09. The van der Waals surface area contributed by atoms with Crippen LogP contribution in [0.4, 0.5) is 0 Å². The third kappa shape index (κ3) is 2.81. The van der Waals surface area contributed by atoms with Crippen molar-refractivity contribution in [2.75, 3.05) is 20.1 Å². The minimum absolute atomic E-state index is 0.0299. The van der Waals surface area contributed by atoms with Gasteiger partial charge in [-0.05, 0) is 13.8 Å². The number of hydrogen-bond acceptors (Lipinski definition) is 4. The minimum atomic E-state index is -0.795. The molecule has 1 aromatic rings. The normalized spacial score (nSPS) is 18.5. The zero-order valence-electron chi connectivity index (χ0n) is 11.9. The highest BCUT2D eigenvalue weighted by Crippen LogP contribution is 2.23. The first-order chi connectivity index (χ1) is 9.36. The summed E-state index contributed by atoms with van der Waals surface area (Å²) in [6, 6.07) is 0. The average Bonchev–Trinajstić information content (AvgIpc) is 2.83. The molecule has 2 rings (SSSR count). The fourth-order valence-corrected chi connectivity index (χ4v) is 3.38. The largest absolute Gasteiger partial charge is 0.342 e. The van der Waals surface area contributed by atoms with Crippen molar-refractivity contribution >= 4 is 34.8 Å². The van der Waals surface area contributed by atoms with Crippen LogP contribution in [-0.2, 0) is 21.9 Å². The van der Waals surface area contributed by atoms with E-state index < -0.39 is 5.54 Å². The lowest BCUT2D eigenvalue weighted by Gasteiger charge is -2.44. The number of thiazole rings is 1. The van der Waals surface area contributed by atoms with Crippen molar-refractivity contribution in [2.24, 2.45) is 0 Å². The SMILES string of the molecule is CN1CCN(C(=O)Cc2nc(CCl)cs2)C(C)(C)C1=O. The Morgan fingerprint density at radius 1 is 1.50 bits per heavy atom. The molecule has 7 heteroatoms. The van der Waals surface area contributed by atoms with Crippen LogP contribution in [0, 0.1) is 0 Å². The molecule has 0 atom stereocenters. The molecule has 1 saturated heterocycles. The topological polar surface area (TPSA) is 53.5 Å². The van der Waals surface area contributed by atoms with Crippen LogP contribution in [-0.4, -0.2) is 52.3 Å². The van der Waals surface area contributed by atoms with Gasteiger partial charge in [0.05, 0.1) is 18.0 Å². The molecule has 0 unspecified atom stereocenters. The van der Waals surface area contributed by atoms with E-state index in [9.17, 15) is 9.59 Å². The lowest BCUT2D eigenvalue weighted by Crippen LogP contribution is -2.63.